The molecule has 6 heteroatoms. The number of hydrogen-bond donors (Lipinski definition) is 0. The third-order valence-corrected chi connectivity index (χ3v) is 11.9. The van der Waals surface area contributed by atoms with Gasteiger partial charge in [0.15, 0.2) is 0 Å². The van der Waals surface area contributed by atoms with Gasteiger partial charge in [0.2, 0.25) is 5.71 Å². The summed E-state index contributed by atoms with van der Waals surface area (Å²) in [5.74, 6) is 1.92. The van der Waals surface area contributed by atoms with Crippen LogP contribution >= 0.6 is 0 Å². The number of furan rings is 1. The first kappa shape index (κ1) is 35.9. The van der Waals surface area contributed by atoms with E-state index in [0.717, 1.165) is 44.8 Å². The number of aromatic nitrogens is 3. The van der Waals surface area contributed by atoms with Gasteiger partial charge in [-0.25, -0.2) is 4.98 Å². The van der Waals surface area contributed by atoms with Crippen molar-refractivity contribution in [2.75, 3.05) is 0 Å². The molecule has 1 atom stereocenters. The number of benzene rings is 2. The second-order valence-corrected chi connectivity index (χ2v) is 19.7. The quantitative estimate of drug-likeness (QED) is 0.119. The number of nitrogens with zero attached hydrogens (tertiary/aromatic N) is 3. The van der Waals surface area contributed by atoms with E-state index in [2.05, 4.69) is 99.9 Å². The molecule has 4 nitrogen and oxygen atoms in total. The van der Waals surface area contributed by atoms with Crippen LogP contribution in [-0.2, 0) is 26.5 Å². The van der Waals surface area contributed by atoms with Gasteiger partial charge >= 0.3 is 0 Å². The van der Waals surface area contributed by atoms with Crippen LogP contribution in [-0.4, -0.2) is 23.0 Å². The topological polar surface area (TPSA) is 51.8 Å². The van der Waals surface area contributed by atoms with E-state index in [-0.39, 0.29) is 20.1 Å². The Morgan fingerprint density at radius 1 is 0.854 bits per heavy atom. The van der Waals surface area contributed by atoms with Crippen LogP contribution in [0, 0.1) is 30.9 Å². The maximum Gasteiger partial charge on any atom is 0.216 e. The zero-order valence-electron chi connectivity index (χ0n) is 29.4. The summed E-state index contributed by atoms with van der Waals surface area (Å²) in [5, 5.41) is 3.62. The predicted molar refractivity (Wildman–Crippen MR) is 199 cm³/mol. The van der Waals surface area contributed by atoms with E-state index in [4.69, 9.17) is 9.40 Å². The maximum atomic E-state index is 6.03. The third kappa shape index (κ3) is 7.88. The van der Waals surface area contributed by atoms with Crippen molar-refractivity contribution in [3.8, 4) is 22.5 Å². The molecule has 7 rings (SSSR count). The summed E-state index contributed by atoms with van der Waals surface area (Å²) < 4.78 is 6.03. The Morgan fingerprint density at radius 3 is 2.33 bits per heavy atom. The van der Waals surface area contributed by atoms with Gasteiger partial charge < -0.3 is 14.4 Å². The van der Waals surface area contributed by atoms with Gasteiger partial charge in [-0.05, 0) is 70.9 Å². The minimum atomic E-state index is -1.35. The summed E-state index contributed by atoms with van der Waals surface area (Å²) in [5.41, 5.74) is 9.55. The molecule has 0 amide bonds. The Kier molecular flexibility index (Phi) is 11.5. The minimum absolute atomic E-state index is 0. The molecule has 0 N–H and O–H groups in total. The molecular weight excluding hydrogens is 783 g/mol. The van der Waals surface area contributed by atoms with Crippen LogP contribution in [0.15, 0.2) is 83.7 Å². The summed E-state index contributed by atoms with van der Waals surface area (Å²) in [7, 11) is -1.35. The normalized spacial score (nSPS) is 14.2. The second kappa shape index (κ2) is 15.4. The number of aryl methyl sites for hydroxylation is 1. The van der Waals surface area contributed by atoms with Crippen molar-refractivity contribution in [1.82, 2.24) is 15.0 Å². The van der Waals surface area contributed by atoms with Crippen LogP contribution < -0.4 is 5.19 Å². The average Bonchev–Trinajstić information content (AvgIpc) is 3.73. The molecule has 0 saturated heterocycles. The molecule has 1 unspecified atom stereocenters. The van der Waals surface area contributed by atoms with Crippen LogP contribution in [0.25, 0.3) is 44.6 Å². The van der Waals surface area contributed by atoms with Gasteiger partial charge in [-0.15, -0.1) is 54.1 Å². The predicted octanol–water partition coefficient (Wildman–Crippen LogP) is 10.7. The fourth-order valence-electron chi connectivity index (χ4n) is 6.86. The van der Waals surface area contributed by atoms with Crippen molar-refractivity contribution < 1.29 is 24.5 Å². The van der Waals surface area contributed by atoms with E-state index in [0.29, 0.717) is 17.5 Å². The molecule has 0 aliphatic heterocycles. The second-order valence-electron chi connectivity index (χ2n) is 14.6. The van der Waals surface area contributed by atoms with E-state index >= 15 is 0 Å². The Labute approximate surface area is 301 Å². The zero-order chi connectivity index (χ0) is 33.1. The van der Waals surface area contributed by atoms with Crippen LogP contribution in [0.3, 0.4) is 0 Å². The molecule has 4 heterocycles. The molecule has 48 heavy (non-hydrogen) atoms. The Bertz CT molecular complexity index is 1970. The molecule has 0 bridgehead atoms. The summed E-state index contributed by atoms with van der Waals surface area (Å²) in [4.78, 5) is 13.7. The molecular formula is C42H47IrN3OSi-2. The Hall–Kier alpha value is -3.44. The van der Waals surface area contributed by atoms with Gasteiger partial charge in [0.1, 0.15) is 0 Å². The third-order valence-electron chi connectivity index (χ3n) is 9.87. The van der Waals surface area contributed by atoms with E-state index in [9.17, 15) is 0 Å². The molecule has 1 aliphatic carbocycles. The van der Waals surface area contributed by atoms with Gasteiger partial charge in [0.05, 0.1) is 13.7 Å². The van der Waals surface area contributed by atoms with E-state index < -0.39 is 8.07 Å². The first-order valence-corrected chi connectivity index (χ1v) is 20.7. The first-order chi connectivity index (χ1) is 22.6. The monoisotopic (exact) mass is 830 g/mol. The molecule has 6 aromatic rings. The fourth-order valence-corrected chi connectivity index (χ4v) is 8.45. The molecule has 1 aliphatic rings. The minimum Gasteiger partial charge on any atom is -0.486 e. The van der Waals surface area contributed by atoms with Crippen LogP contribution in [0.2, 0.25) is 19.6 Å². The van der Waals surface area contributed by atoms with Gasteiger partial charge in [-0.1, -0.05) is 94.7 Å². The standard InChI is InChI=1S/C22H21N2O.C20H26NSi.Ir/c1-13(2)15(4)19-11-20(24-12-14(19)3)18-8-5-7-16-17-9-6-10-23-22(17)25-21(16)18;1-22(2,3)20-15-21-19(17-11-5-4-6-12-17)14-18(20)13-16-9-7-8-10-16;/h5-7,9-13,15H,1-4H3;4-6,11,14-16H,7-10,13H2,1-3H3;/q2*-1;. The summed E-state index contributed by atoms with van der Waals surface area (Å²) in [6.45, 7) is 16.2. The summed E-state index contributed by atoms with van der Waals surface area (Å²) in [6, 6.07) is 27.3. The van der Waals surface area contributed by atoms with Gasteiger partial charge in [-0.2, -0.15) is 0 Å². The van der Waals surface area contributed by atoms with Crippen LogP contribution in [0.4, 0.5) is 0 Å². The van der Waals surface area contributed by atoms with Crippen molar-refractivity contribution in [2.24, 2.45) is 11.8 Å². The maximum absolute atomic E-state index is 6.03. The molecule has 0 spiro atoms. The largest absolute Gasteiger partial charge is 0.486 e. The fraction of sp³-hybridized carbons (Fsp3) is 0.357. The van der Waals surface area contributed by atoms with Crippen molar-refractivity contribution in [1.29, 1.82) is 0 Å². The van der Waals surface area contributed by atoms with Crippen LogP contribution in [0.5, 0.6) is 0 Å². The van der Waals surface area contributed by atoms with Gasteiger partial charge in [-0.3, -0.25) is 0 Å². The SMILES string of the molecule is C[Si](C)(C)c1cnc(-c2[c-]cccc2)cc1CC1CCCC1.Cc1cnc(-c2[c-]ccc3c2oc2ncccc23)cc1C(C)C(C)C.[Ir]. The van der Waals surface area contributed by atoms with Gasteiger partial charge in [0, 0.05) is 44.1 Å². The molecule has 2 aromatic carbocycles. The van der Waals surface area contributed by atoms with Crippen LogP contribution in [0.1, 0.15) is 69.1 Å². The number of fused-ring (bicyclic) bond motifs is 3. The van der Waals surface area contributed by atoms with Gasteiger partial charge in [0.25, 0.3) is 0 Å². The molecule has 4 aromatic heterocycles. The summed E-state index contributed by atoms with van der Waals surface area (Å²) >= 11 is 0. The summed E-state index contributed by atoms with van der Waals surface area (Å²) in [6.07, 6.45) is 12.7. The zero-order valence-corrected chi connectivity index (χ0v) is 32.8. The molecule has 1 saturated carbocycles. The smallest absolute Gasteiger partial charge is 0.216 e. The van der Waals surface area contributed by atoms with Crippen molar-refractivity contribution in [3.05, 3.63) is 108 Å². The van der Waals surface area contributed by atoms with Crippen molar-refractivity contribution in [2.45, 2.75) is 85.4 Å². The average molecular weight is 830 g/mol. The molecule has 251 valence electrons. The number of pyridine rings is 3. The van der Waals surface area contributed by atoms with E-state index in [1.807, 2.05) is 42.6 Å². The number of hydrogen-bond acceptors (Lipinski definition) is 4. The Morgan fingerprint density at radius 2 is 1.62 bits per heavy atom. The van der Waals surface area contributed by atoms with Crippen molar-refractivity contribution in [3.63, 3.8) is 0 Å². The van der Waals surface area contributed by atoms with E-state index in [1.54, 1.807) is 16.9 Å². The first-order valence-electron chi connectivity index (χ1n) is 17.2. The Balaban J connectivity index is 0.000000186. The number of rotatable bonds is 7. The van der Waals surface area contributed by atoms with Crippen molar-refractivity contribution >= 4 is 35.3 Å². The molecule has 1 radical (unpaired) electrons. The van der Waals surface area contributed by atoms with E-state index in [1.165, 1.54) is 43.2 Å². The molecule has 1 fully saturated rings.